The predicted molar refractivity (Wildman–Crippen MR) is 142 cm³/mol. The standard InChI is InChI=1S/C26H19BrCl2N2O4/c1-34-24-10-18(21(27)12-25(24)35-14-17-6-7-19(28)11-22(17)29)13-30-31-26(33)20-8-15-4-2-3-5-16(15)9-23(20)32/h2-13,32H,14H2,1H3,(H,31,33). The fraction of sp³-hybridized carbons (Fsp3) is 0.0769. The Hall–Kier alpha value is -3.26. The maximum absolute atomic E-state index is 12.6. The molecule has 2 N–H and O–H groups in total. The first-order valence-corrected chi connectivity index (χ1v) is 11.9. The summed E-state index contributed by atoms with van der Waals surface area (Å²) in [6, 6.07) is 19.3. The number of hydrogen-bond donors (Lipinski definition) is 2. The SMILES string of the molecule is COc1cc(C=NNC(=O)c2cc3ccccc3cc2O)c(Br)cc1OCc1ccc(Cl)cc1Cl. The summed E-state index contributed by atoms with van der Waals surface area (Å²) in [5.74, 6) is 0.305. The third kappa shape index (κ3) is 5.88. The van der Waals surface area contributed by atoms with Gasteiger partial charge in [0.2, 0.25) is 0 Å². The van der Waals surface area contributed by atoms with Crippen LogP contribution in [0.5, 0.6) is 17.2 Å². The highest BCUT2D eigenvalue weighted by Crippen LogP contribution is 2.34. The maximum Gasteiger partial charge on any atom is 0.275 e. The Bertz CT molecular complexity index is 1440. The van der Waals surface area contributed by atoms with Crippen molar-refractivity contribution in [2.45, 2.75) is 6.61 Å². The van der Waals surface area contributed by atoms with Gasteiger partial charge in [-0.05, 0) is 63.1 Å². The Morgan fingerprint density at radius 3 is 2.51 bits per heavy atom. The fourth-order valence-corrected chi connectivity index (χ4v) is 4.23. The molecule has 0 aliphatic rings. The monoisotopic (exact) mass is 572 g/mol. The topological polar surface area (TPSA) is 80.2 Å². The van der Waals surface area contributed by atoms with Gasteiger partial charge in [-0.25, -0.2) is 5.43 Å². The fourth-order valence-electron chi connectivity index (χ4n) is 3.35. The van der Waals surface area contributed by atoms with Gasteiger partial charge in [-0.1, -0.05) is 53.5 Å². The molecule has 0 aromatic heterocycles. The highest BCUT2D eigenvalue weighted by atomic mass is 79.9. The second kappa shape index (κ2) is 11.0. The van der Waals surface area contributed by atoms with Crippen molar-refractivity contribution in [3.05, 3.63) is 97.9 Å². The van der Waals surface area contributed by atoms with E-state index in [1.807, 2.05) is 24.3 Å². The number of fused-ring (bicyclic) bond motifs is 1. The number of ether oxygens (including phenoxy) is 2. The largest absolute Gasteiger partial charge is 0.507 e. The lowest BCUT2D eigenvalue weighted by molar-refractivity contribution is 0.0952. The summed E-state index contributed by atoms with van der Waals surface area (Å²) in [4.78, 5) is 12.6. The molecule has 0 spiro atoms. The van der Waals surface area contributed by atoms with Crippen LogP contribution >= 0.6 is 39.1 Å². The molecule has 9 heteroatoms. The van der Waals surface area contributed by atoms with Gasteiger partial charge < -0.3 is 14.6 Å². The summed E-state index contributed by atoms with van der Waals surface area (Å²) >= 11 is 15.7. The summed E-state index contributed by atoms with van der Waals surface area (Å²) in [6.45, 7) is 0.220. The van der Waals surface area contributed by atoms with E-state index in [1.54, 1.807) is 42.5 Å². The number of phenolic OH excluding ortho intramolecular Hbond substituents is 1. The molecule has 0 radical (unpaired) electrons. The average molecular weight is 574 g/mol. The summed E-state index contributed by atoms with van der Waals surface area (Å²) in [5, 5.41) is 17.0. The minimum atomic E-state index is -0.535. The van der Waals surface area contributed by atoms with E-state index < -0.39 is 5.91 Å². The zero-order valence-electron chi connectivity index (χ0n) is 18.4. The van der Waals surface area contributed by atoms with Crippen molar-refractivity contribution in [3.63, 3.8) is 0 Å². The number of aromatic hydroxyl groups is 1. The highest BCUT2D eigenvalue weighted by Gasteiger charge is 2.13. The lowest BCUT2D eigenvalue weighted by Gasteiger charge is -2.13. The molecule has 4 aromatic carbocycles. The number of hydrogen-bond acceptors (Lipinski definition) is 5. The molecule has 178 valence electrons. The molecule has 6 nitrogen and oxygen atoms in total. The number of rotatable bonds is 7. The lowest BCUT2D eigenvalue weighted by Crippen LogP contribution is -2.17. The molecule has 0 aliphatic heterocycles. The summed E-state index contributed by atoms with van der Waals surface area (Å²) in [5.41, 5.74) is 3.99. The van der Waals surface area contributed by atoms with Gasteiger partial charge in [0.05, 0.1) is 18.9 Å². The molecule has 1 amide bonds. The van der Waals surface area contributed by atoms with E-state index in [0.717, 1.165) is 16.3 Å². The maximum atomic E-state index is 12.6. The van der Waals surface area contributed by atoms with Crippen molar-refractivity contribution in [1.82, 2.24) is 5.43 Å². The molecule has 0 fully saturated rings. The van der Waals surface area contributed by atoms with Crippen LogP contribution in [0.3, 0.4) is 0 Å². The first-order chi connectivity index (χ1) is 16.9. The molecular formula is C26H19BrCl2N2O4. The van der Waals surface area contributed by atoms with Gasteiger partial charge in [0.25, 0.3) is 5.91 Å². The second-order valence-corrected chi connectivity index (χ2v) is 9.16. The number of benzene rings is 4. The smallest absolute Gasteiger partial charge is 0.275 e. The van der Waals surface area contributed by atoms with Gasteiger partial charge in [-0.15, -0.1) is 0 Å². The summed E-state index contributed by atoms with van der Waals surface area (Å²) in [6.07, 6.45) is 1.46. The average Bonchev–Trinajstić information content (AvgIpc) is 2.84. The summed E-state index contributed by atoms with van der Waals surface area (Å²) < 4.78 is 12.0. The minimum absolute atomic E-state index is 0.124. The van der Waals surface area contributed by atoms with E-state index in [9.17, 15) is 9.90 Å². The van der Waals surface area contributed by atoms with Crippen LogP contribution in [-0.2, 0) is 6.61 Å². The van der Waals surface area contributed by atoms with E-state index in [-0.39, 0.29) is 17.9 Å². The van der Waals surface area contributed by atoms with E-state index in [0.29, 0.717) is 31.6 Å². The van der Waals surface area contributed by atoms with E-state index in [4.69, 9.17) is 32.7 Å². The van der Waals surface area contributed by atoms with Crippen LogP contribution in [0.15, 0.2) is 76.3 Å². The number of methoxy groups -OCH3 is 1. The number of nitrogens with zero attached hydrogens (tertiary/aromatic N) is 1. The van der Waals surface area contributed by atoms with Crippen molar-refractivity contribution in [3.8, 4) is 17.2 Å². The van der Waals surface area contributed by atoms with Gasteiger partial charge in [0.15, 0.2) is 11.5 Å². The van der Waals surface area contributed by atoms with Crippen LogP contribution < -0.4 is 14.9 Å². The predicted octanol–water partition coefficient (Wildman–Crippen LogP) is 6.97. The Morgan fingerprint density at radius 2 is 1.80 bits per heavy atom. The molecule has 35 heavy (non-hydrogen) atoms. The zero-order valence-corrected chi connectivity index (χ0v) is 21.5. The molecule has 4 aromatic rings. The zero-order chi connectivity index (χ0) is 24.9. The molecule has 0 bridgehead atoms. The molecule has 0 saturated heterocycles. The van der Waals surface area contributed by atoms with Gasteiger partial charge in [-0.2, -0.15) is 5.10 Å². The second-order valence-electron chi connectivity index (χ2n) is 7.46. The Kier molecular flexibility index (Phi) is 7.80. The quantitative estimate of drug-likeness (QED) is 0.185. The lowest BCUT2D eigenvalue weighted by atomic mass is 10.1. The number of hydrazone groups is 1. The number of halogens is 3. The van der Waals surface area contributed by atoms with Crippen molar-refractivity contribution in [1.29, 1.82) is 0 Å². The molecule has 0 atom stereocenters. The van der Waals surface area contributed by atoms with E-state index in [1.165, 1.54) is 13.3 Å². The van der Waals surface area contributed by atoms with Crippen molar-refractivity contribution in [2.24, 2.45) is 5.10 Å². The van der Waals surface area contributed by atoms with Gasteiger partial charge in [0.1, 0.15) is 12.4 Å². The Balaban J connectivity index is 1.47. The van der Waals surface area contributed by atoms with Crippen LogP contribution in [0, 0.1) is 0 Å². The van der Waals surface area contributed by atoms with Gasteiger partial charge in [-0.3, -0.25) is 4.79 Å². The third-order valence-corrected chi connectivity index (χ3v) is 6.43. The van der Waals surface area contributed by atoms with Gasteiger partial charge in [0, 0.05) is 25.6 Å². The van der Waals surface area contributed by atoms with Crippen LogP contribution in [-0.4, -0.2) is 24.3 Å². The Labute approximate surface area is 220 Å². The molecule has 0 aliphatic carbocycles. The van der Waals surface area contributed by atoms with Crippen molar-refractivity contribution in [2.75, 3.05) is 7.11 Å². The van der Waals surface area contributed by atoms with E-state index >= 15 is 0 Å². The van der Waals surface area contributed by atoms with E-state index in [2.05, 4.69) is 26.5 Å². The molecule has 0 saturated carbocycles. The first-order valence-electron chi connectivity index (χ1n) is 10.3. The normalized spacial score (nSPS) is 11.1. The third-order valence-electron chi connectivity index (χ3n) is 5.16. The van der Waals surface area contributed by atoms with Crippen molar-refractivity contribution >= 4 is 62.0 Å². The highest BCUT2D eigenvalue weighted by molar-refractivity contribution is 9.10. The van der Waals surface area contributed by atoms with Gasteiger partial charge >= 0.3 is 0 Å². The minimum Gasteiger partial charge on any atom is -0.507 e. The number of nitrogens with one attached hydrogen (secondary N) is 1. The van der Waals surface area contributed by atoms with Crippen LogP contribution in [0.2, 0.25) is 10.0 Å². The van der Waals surface area contributed by atoms with Crippen LogP contribution in [0.4, 0.5) is 0 Å². The number of carbonyl (C=O) groups is 1. The first kappa shape index (κ1) is 24.9. The Morgan fingerprint density at radius 1 is 1.06 bits per heavy atom. The van der Waals surface area contributed by atoms with Crippen LogP contribution in [0.25, 0.3) is 10.8 Å². The van der Waals surface area contributed by atoms with Crippen LogP contribution in [0.1, 0.15) is 21.5 Å². The number of carbonyl (C=O) groups excluding carboxylic acids is 1. The molecule has 4 rings (SSSR count). The molecular weight excluding hydrogens is 555 g/mol. The van der Waals surface area contributed by atoms with Crippen molar-refractivity contribution < 1.29 is 19.4 Å². The molecule has 0 unspecified atom stereocenters. The molecule has 0 heterocycles. The number of amides is 1. The number of phenols is 1. The summed E-state index contributed by atoms with van der Waals surface area (Å²) in [7, 11) is 1.52.